The van der Waals surface area contributed by atoms with Gasteiger partial charge >= 0.3 is 5.97 Å². The van der Waals surface area contributed by atoms with Gasteiger partial charge in [-0.1, -0.05) is 23.7 Å². The lowest BCUT2D eigenvalue weighted by Gasteiger charge is -2.07. The van der Waals surface area contributed by atoms with Crippen molar-refractivity contribution in [2.45, 2.75) is 6.42 Å². The minimum Gasteiger partial charge on any atom is -0.450 e. The van der Waals surface area contributed by atoms with Gasteiger partial charge < -0.3 is 14.5 Å². The van der Waals surface area contributed by atoms with Gasteiger partial charge in [0.15, 0.2) is 12.0 Å². The van der Waals surface area contributed by atoms with E-state index in [0.29, 0.717) is 18.0 Å². The van der Waals surface area contributed by atoms with Gasteiger partial charge in [0.2, 0.25) is 5.76 Å². The quantitative estimate of drug-likeness (QED) is 0.639. The smallest absolute Gasteiger partial charge is 0.374 e. The Balaban J connectivity index is 1.52. The lowest BCUT2D eigenvalue weighted by Crippen LogP contribution is -2.30. The molecule has 6 nitrogen and oxygen atoms in total. The maximum absolute atomic E-state index is 12.8. The van der Waals surface area contributed by atoms with Crippen LogP contribution in [0.2, 0.25) is 5.02 Å². The number of halogens is 2. The maximum atomic E-state index is 12.8. The molecular formula is C20H15ClFNO5. The summed E-state index contributed by atoms with van der Waals surface area (Å²) in [4.78, 5) is 35.9. The Bertz CT molecular complexity index is 1080. The van der Waals surface area contributed by atoms with Gasteiger partial charge in [0.05, 0.1) is 5.39 Å². The molecule has 3 rings (SSSR count). The zero-order chi connectivity index (χ0) is 20.1. The van der Waals surface area contributed by atoms with Crippen LogP contribution in [0.3, 0.4) is 0 Å². The van der Waals surface area contributed by atoms with Crippen LogP contribution in [0, 0.1) is 5.82 Å². The van der Waals surface area contributed by atoms with Crippen molar-refractivity contribution in [2.75, 3.05) is 13.2 Å². The van der Waals surface area contributed by atoms with Crippen LogP contribution in [-0.4, -0.2) is 25.0 Å². The monoisotopic (exact) mass is 403 g/mol. The average molecular weight is 404 g/mol. The Morgan fingerprint density at radius 3 is 2.61 bits per heavy atom. The van der Waals surface area contributed by atoms with Crippen LogP contribution >= 0.6 is 11.6 Å². The summed E-state index contributed by atoms with van der Waals surface area (Å²) in [7, 11) is 0. The van der Waals surface area contributed by atoms with E-state index < -0.39 is 23.9 Å². The van der Waals surface area contributed by atoms with Crippen molar-refractivity contribution < 1.29 is 23.1 Å². The van der Waals surface area contributed by atoms with Crippen molar-refractivity contribution >= 4 is 34.4 Å². The van der Waals surface area contributed by atoms with E-state index in [4.69, 9.17) is 20.8 Å². The van der Waals surface area contributed by atoms with E-state index in [1.807, 2.05) is 0 Å². The summed E-state index contributed by atoms with van der Waals surface area (Å²) in [5.74, 6) is -2.07. The van der Waals surface area contributed by atoms with Gasteiger partial charge in [0.1, 0.15) is 11.4 Å². The van der Waals surface area contributed by atoms with Gasteiger partial charge in [-0.3, -0.25) is 9.59 Å². The SMILES string of the molecule is O=C(COC(=O)c1cc(=O)c2cc(Cl)ccc2o1)NCCc1ccc(F)cc1. The molecule has 0 radical (unpaired) electrons. The molecule has 0 spiro atoms. The largest absolute Gasteiger partial charge is 0.450 e. The number of benzene rings is 2. The first-order valence-corrected chi connectivity index (χ1v) is 8.72. The lowest BCUT2D eigenvalue weighted by molar-refractivity contribution is -0.124. The summed E-state index contributed by atoms with van der Waals surface area (Å²) in [6, 6.07) is 11.3. The van der Waals surface area contributed by atoms with Crippen LogP contribution in [0.15, 0.2) is 57.7 Å². The third kappa shape index (κ3) is 4.95. The average Bonchev–Trinajstić information content (AvgIpc) is 2.68. The van der Waals surface area contributed by atoms with E-state index in [1.54, 1.807) is 12.1 Å². The van der Waals surface area contributed by atoms with Crippen molar-refractivity contribution in [3.05, 3.63) is 80.9 Å². The summed E-state index contributed by atoms with van der Waals surface area (Å²) in [6.07, 6.45) is 0.502. The first-order chi connectivity index (χ1) is 13.4. The molecule has 1 N–H and O–H groups in total. The molecule has 1 amide bonds. The van der Waals surface area contributed by atoms with Gasteiger partial charge in [-0.15, -0.1) is 0 Å². The molecule has 0 saturated carbocycles. The number of ether oxygens (including phenoxy) is 1. The zero-order valence-electron chi connectivity index (χ0n) is 14.5. The fourth-order valence-corrected chi connectivity index (χ4v) is 2.65. The molecule has 8 heteroatoms. The van der Waals surface area contributed by atoms with Crippen molar-refractivity contribution in [1.29, 1.82) is 0 Å². The second-order valence-electron chi connectivity index (χ2n) is 5.92. The molecule has 0 aliphatic carbocycles. The lowest BCUT2D eigenvalue weighted by atomic mass is 10.1. The third-order valence-electron chi connectivity index (χ3n) is 3.87. The van der Waals surface area contributed by atoms with E-state index in [1.165, 1.54) is 30.3 Å². The van der Waals surface area contributed by atoms with E-state index >= 15 is 0 Å². The topological polar surface area (TPSA) is 85.6 Å². The molecule has 0 unspecified atom stereocenters. The Morgan fingerprint density at radius 1 is 1.11 bits per heavy atom. The normalized spacial score (nSPS) is 10.6. The van der Waals surface area contributed by atoms with Crippen molar-refractivity contribution in [3.8, 4) is 0 Å². The summed E-state index contributed by atoms with van der Waals surface area (Å²) in [5.41, 5.74) is 0.601. The highest BCUT2D eigenvalue weighted by atomic mass is 35.5. The van der Waals surface area contributed by atoms with Crippen LogP contribution in [-0.2, 0) is 16.0 Å². The predicted octanol–water partition coefficient (Wildman–Crippen LogP) is 3.10. The standard InChI is InChI=1S/C20H15ClFNO5/c21-13-3-6-17-15(9-13)16(24)10-18(28-17)20(26)27-11-19(25)23-8-7-12-1-4-14(22)5-2-12/h1-6,9-10H,7-8,11H2,(H,23,25). The number of hydrogen-bond acceptors (Lipinski definition) is 5. The van der Waals surface area contributed by atoms with Crippen LogP contribution in [0.4, 0.5) is 4.39 Å². The molecule has 0 aliphatic heterocycles. The van der Waals surface area contributed by atoms with Crippen LogP contribution in [0.5, 0.6) is 0 Å². The van der Waals surface area contributed by atoms with Crippen LogP contribution < -0.4 is 10.7 Å². The van der Waals surface area contributed by atoms with Crippen molar-refractivity contribution in [1.82, 2.24) is 5.32 Å². The maximum Gasteiger partial charge on any atom is 0.374 e. The van der Waals surface area contributed by atoms with E-state index in [-0.39, 0.29) is 22.5 Å². The number of nitrogens with one attached hydrogen (secondary N) is 1. The minimum atomic E-state index is -0.928. The molecule has 0 aliphatic rings. The van der Waals surface area contributed by atoms with Gasteiger partial charge in [-0.05, 0) is 42.3 Å². The van der Waals surface area contributed by atoms with Gasteiger partial charge in [0.25, 0.3) is 5.91 Å². The summed E-state index contributed by atoms with van der Waals surface area (Å²) in [5, 5.41) is 3.19. The Kier molecular flexibility index (Phi) is 6.06. The first-order valence-electron chi connectivity index (χ1n) is 8.34. The predicted molar refractivity (Wildman–Crippen MR) is 101 cm³/mol. The molecule has 0 atom stereocenters. The van der Waals surface area contributed by atoms with Crippen LogP contribution in [0.1, 0.15) is 16.1 Å². The number of hydrogen-bond donors (Lipinski definition) is 1. The van der Waals surface area contributed by atoms with Gasteiger partial charge in [0, 0.05) is 17.6 Å². The fraction of sp³-hybridized carbons (Fsp3) is 0.150. The molecule has 1 aromatic heterocycles. The van der Waals surface area contributed by atoms with Gasteiger partial charge in [-0.2, -0.15) is 0 Å². The van der Waals surface area contributed by atoms with E-state index in [0.717, 1.165) is 11.6 Å². The second kappa shape index (κ2) is 8.67. The molecule has 144 valence electrons. The van der Waals surface area contributed by atoms with Crippen molar-refractivity contribution in [3.63, 3.8) is 0 Å². The third-order valence-corrected chi connectivity index (χ3v) is 4.11. The highest BCUT2D eigenvalue weighted by molar-refractivity contribution is 6.31. The van der Waals surface area contributed by atoms with Crippen LogP contribution in [0.25, 0.3) is 11.0 Å². The minimum absolute atomic E-state index is 0.188. The molecule has 0 bridgehead atoms. The summed E-state index contributed by atoms with van der Waals surface area (Å²) < 4.78 is 23.1. The molecule has 0 fully saturated rings. The zero-order valence-corrected chi connectivity index (χ0v) is 15.3. The number of esters is 1. The van der Waals surface area contributed by atoms with Gasteiger partial charge in [-0.25, -0.2) is 9.18 Å². The Hall–Kier alpha value is -3.19. The Labute approximate surface area is 163 Å². The Morgan fingerprint density at radius 2 is 1.86 bits per heavy atom. The first kappa shape index (κ1) is 19.6. The van der Waals surface area contributed by atoms with Crippen molar-refractivity contribution in [2.24, 2.45) is 0 Å². The molecule has 0 saturated heterocycles. The highest BCUT2D eigenvalue weighted by Crippen LogP contribution is 2.18. The molecule has 1 heterocycles. The second-order valence-corrected chi connectivity index (χ2v) is 6.35. The fourth-order valence-electron chi connectivity index (χ4n) is 2.48. The van der Waals surface area contributed by atoms with E-state index in [9.17, 15) is 18.8 Å². The molecular weight excluding hydrogens is 389 g/mol. The number of fused-ring (bicyclic) bond motifs is 1. The number of carbonyl (C=O) groups excluding carboxylic acids is 2. The number of carbonyl (C=O) groups is 2. The number of rotatable bonds is 6. The molecule has 2 aromatic carbocycles. The highest BCUT2D eigenvalue weighted by Gasteiger charge is 2.15. The summed E-state index contributed by atoms with van der Waals surface area (Å²) >= 11 is 5.83. The molecule has 28 heavy (non-hydrogen) atoms. The number of amides is 1. The van der Waals surface area contributed by atoms with E-state index in [2.05, 4.69) is 5.32 Å². The summed E-state index contributed by atoms with van der Waals surface area (Å²) in [6.45, 7) is -0.224. The molecule has 3 aromatic rings.